The summed E-state index contributed by atoms with van der Waals surface area (Å²) in [6.45, 7) is 1.96. The standard InChI is InChI=1S/C26H19N5O/c1-16-6-5-11-27-25(16)31-24-20-13-17(19-12-18-7-3-4-8-21(18)28-14-19)9-10-22(20)29-15-23(24)30(2)26(31)32/h3-15H,1-2H3. The molecule has 0 saturated carbocycles. The van der Waals surface area contributed by atoms with Crippen LogP contribution in [-0.4, -0.2) is 24.1 Å². The molecule has 0 bridgehead atoms. The van der Waals surface area contributed by atoms with Crippen molar-refractivity contribution < 1.29 is 0 Å². The van der Waals surface area contributed by atoms with Crippen molar-refractivity contribution in [2.75, 3.05) is 0 Å². The maximum Gasteiger partial charge on any atom is 0.334 e. The van der Waals surface area contributed by atoms with Crippen molar-refractivity contribution in [2.24, 2.45) is 7.05 Å². The molecule has 0 aliphatic rings. The van der Waals surface area contributed by atoms with Gasteiger partial charge in [-0.1, -0.05) is 30.3 Å². The maximum absolute atomic E-state index is 13.2. The van der Waals surface area contributed by atoms with Crippen LogP contribution in [-0.2, 0) is 7.05 Å². The summed E-state index contributed by atoms with van der Waals surface area (Å²) in [5, 5.41) is 1.98. The normalized spacial score (nSPS) is 11.6. The van der Waals surface area contributed by atoms with E-state index >= 15 is 0 Å². The smallest absolute Gasteiger partial charge is 0.293 e. The number of aromatic nitrogens is 5. The summed E-state index contributed by atoms with van der Waals surface area (Å²) in [6, 6.07) is 20.2. The molecule has 0 unspecified atom stereocenters. The van der Waals surface area contributed by atoms with Crippen LogP contribution >= 0.6 is 0 Å². The predicted molar refractivity (Wildman–Crippen MR) is 127 cm³/mol. The molecule has 6 rings (SSSR count). The number of pyridine rings is 3. The first kappa shape index (κ1) is 18.4. The topological polar surface area (TPSA) is 65.6 Å². The molecule has 4 aromatic heterocycles. The molecule has 0 spiro atoms. The van der Waals surface area contributed by atoms with Gasteiger partial charge in [0.15, 0.2) is 0 Å². The third-order valence-electron chi connectivity index (χ3n) is 6.00. The van der Waals surface area contributed by atoms with Gasteiger partial charge >= 0.3 is 5.69 Å². The third kappa shape index (κ3) is 2.66. The van der Waals surface area contributed by atoms with Gasteiger partial charge in [-0.05, 0) is 48.4 Å². The molecule has 0 atom stereocenters. The Kier molecular flexibility index (Phi) is 3.95. The van der Waals surface area contributed by atoms with Crippen molar-refractivity contribution in [2.45, 2.75) is 6.92 Å². The van der Waals surface area contributed by atoms with Crippen LogP contribution in [0.4, 0.5) is 0 Å². The lowest BCUT2D eigenvalue weighted by Crippen LogP contribution is -2.22. The van der Waals surface area contributed by atoms with E-state index in [-0.39, 0.29) is 5.69 Å². The molecule has 4 heterocycles. The SMILES string of the molecule is Cc1cccnc1-n1c(=O)n(C)c2cnc3ccc(-c4cnc5ccccc5c4)cc3c21. The average Bonchev–Trinajstić information content (AvgIpc) is 3.09. The first-order chi connectivity index (χ1) is 15.6. The average molecular weight is 417 g/mol. The van der Waals surface area contributed by atoms with Crippen LogP contribution < -0.4 is 5.69 Å². The summed E-state index contributed by atoms with van der Waals surface area (Å²) >= 11 is 0. The fraction of sp³-hybridized carbons (Fsp3) is 0.0769. The lowest BCUT2D eigenvalue weighted by atomic mass is 10.0. The van der Waals surface area contributed by atoms with Crippen molar-refractivity contribution in [1.82, 2.24) is 24.1 Å². The van der Waals surface area contributed by atoms with E-state index in [2.05, 4.69) is 33.2 Å². The van der Waals surface area contributed by atoms with Gasteiger partial charge in [0, 0.05) is 35.8 Å². The second kappa shape index (κ2) is 6.85. The molecule has 6 nitrogen and oxygen atoms in total. The van der Waals surface area contributed by atoms with E-state index < -0.39 is 0 Å². The second-order valence-electron chi connectivity index (χ2n) is 7.96. The number of hydrogen-bond acceptors (Lipinski definition) is 4. The first-order valence-electron chi connectivity index (χ1n) is 10.4. The minimum atomic E-state index is -0.145. The molecular weight excluding hydrogens is 398 g/mol. The molecule has 0 radical (unpaired) electrons. The van der Waals surface area contributed by atoms with Gasteiger partial charge in [0.05, 0.1) is 28.3 Å². The Morgan fingerprint density at radius 1 is 0.812 bits per heavy atom. The van der Waals surface area contributed by atoms with Crippen LogP contribution in [0.5, 0.6) is 0 Å². The highest BCUT2D eigenvalue weighted by atomic mass is 16.1. The number of aryl methyl sites for hydroxylation is 2. The van der Waals surface area contributed by atoms with Crippen molar-refractivity contribution >= 4 is 32.8 Å². The van der Waals surface area contributed by atoms with E-state index in [1.165, 1.54) is 0 Å². The quantitative estimate of drug-likeness (QED) is 0.406. The van der Waals surface area contributed by atoms with Crippen LogP contribution in [0.3, 0.4) is 0 Å². The highest BCUT2D eigenvalue weighted by molar-refractivity contribution is 6.04. The molecule has 32 heavy (non-hydrogen) atoms. The van der Waals surface area contributed by atoms with E-state index in [1.807, 2.05) is 55.6 Å². The Bertz CT molecular complexity index is 1730. The predicted octanol–water partition coefficient (Wildman–Crippen LogP) is 4.80. The Balaban J connectivity index is 1.68. The summed E-state index contributed by atoms with van der Waals surface area (Å²) < 4.78 is 3.32. The van der Waals surface area contributed by atoms with E-state index in [1.54, 1.807) is 28.6 Å². The molecule has 0 aliphatic heterocycles. The van der Waals surface area contributed by atoms with E-state index in [9.17, 15) is 4.79 Å². The molecule has 0 aliphatic carbocycles. The van der Waals surface area contributed by atoms with Crippen LogP contribution in [0.2, 0.25) is 0 Å². The largest absolute Gasteiger partial charge is 0.334 e. The summed E-state index contributed by atoms with van der Waals surface area (Å²) in [4.78, 5) is 27.0. The highest BCUT2D eigenvalue weighted by Gasteiger charge is 2.18. The lowest BCUT2D eigenvalue weighted by molar-refractivity contribution is 0.830. The molecule has 154 valence electrons. The number of nitrogens with zero attached hydrogens (tertiary/aromatic N) is 5. The zero-order valence-corrected chi connectivity index (χ0v) is 17.6. The second-order valence-corrected chi connectivity index (χ2v) is 7.96. The minimum Gasteiger partial charge on any atom is -0.293 e. The minimum absolute atomic E-state index is 0.145. The van der Waals surface area contributed by atoms with Gasteiger partial charge in [0.25, 0.3) is 0 Å². The van der Waals surface area contributed by atoms with Gasteiger partial charge in [-0.25, -0.2) is 14.3 Å². The van der Waals surface area contributed by atoms with Crippen LogP contribution in [0.25, 0.3) is 49.8 Å². The number of rotatable bonds is 2. The van der Waals surface area contributed by atoms with Gasteiger partial charge in [0.1, 0.15) is 5.82 Å². The Morgan fingerprint density at radius 2 is 1.66 bits per heavy atom. The fourth-order valence-electron chi connectivity index (χ4n) is 4.31. The number of para-hydroxylation sites is 1. The number of fused-ring (bicyclic) bond motifs is 4. The van der Waals surface area contributed by atoms with Gasteiger partial charge < -0.3 is 0 Å². The van der Waals surface area contributed by atoms with Crippen molar-refractivity contribution in [3.63, 3.8) is 0 Å². The van der Waals surface area contributed by atoms with Crippen molar-refractivity contribution in [1.29, 1.82) is 0 Å². The molecule has 2 aromatic carbocycles. The number of hydrogen-bond donors (Lipinski definition) is 0. The Labute approximate surface area is 183 Å². The van der Waals surface area contributed by atoms with Gasteiger partial charge in [-0.3, -0.25) is 14.5 Å². The summed E-state index contributed by atoms with van der Waals surface area (Å²) in [7, 11) is 1.77. The van der Waals surface area contributed by atoms with E-state index in [0.717, 1.165) is 49.5 Å². The fourth-order valence-corrected chi connectivity index (χ4v) is 4.31. The molecule has 0 fully saturated rings. The van der Waals surface area contributed by atoms with Crippen molar-refractivity contribution in [3.8, 4) is 16.9 Å². The molecular formula is C26H19N5O. The molecule has 6 heteroatoms. The lowest BCUT2D eigenvalue weighted by Gasteiger charge is -2.09. The van der Waals surface area contributed by atoms with Crippen LogP contribution in [0.15, 0.2) is 84.0 Å². The maximum atomic E-state index is 13.2. The van der Waals surface area contributed by atoms with E-state index in [4.69, 9.17) is 0 Å². The highest BCUT2D eigenvalue weighted by Crippen LogP contribution is 2.30. The third-order valence-corrected chi connectivity index (χ3v) is 6.00. The first-order valence-corrected chi connectivity index (χ1v) is 10.4. The summed E-state index contributed by atoms with van der Waals surface area (Å²) in [5.74, 6) is 0.633. The Hall–Kier alpha value is -4.32. The molecule has 0 amide bonds. The summed E-state index contributed by atoms with van der Waals surface area (Å²) in [6.07, 6.45) is 5.35. The van der Waals surface area contributed by atoms with Gasteiger partial charge in [0.2, 0.25) is 0 Å². The molecule has 6 aromatic rings. The number of imidazole rings is 1. The Morgan fingerprint density at radius 3 is 2.53 bits per heavy atom. The van der Waals surface area contributed by atoms with Crippen molar-refractivity contribution in [3.05, 3.63) is 95.3 Å². The zero-order valence-electron chi connectivity index (χ0n) is 17.6. The molecule has 0 N–H and O–H groups in total. The van der Waals surface area contributed by atoms with Crippen LogP contribution in [0.1, 0.15) is 5.56 Å². The van der Waals surface area contributed by atoms with Gasteiger partial charge in [-0.2, -0.15) is 0 Å². The van der Waals surface area contributed by atoms with Crippen LogP contribution in [0, 0.1) is 6.92 Å². The molecule has 0 saturated heterocycles. The van der Waals surface area contributed by atoms with E-state index in [0.29, 0.717) is 5.82 Å². The summed E-state index contributed by atoms with van der Waals surface area (Å²) in [5.41, 5.74) is 6.18. The monoisotopic (exact) mass is 417 g/mol. The number of benzene rings is 2. The zero-order chi connectivity index (χ0) is 21.8. The van der Waals surface area contributed by atoms with Gasteiger partial charge in [-0.15, -0.1) is 0 Å².